The van der Waals surface area contributed by atoms with Gasteiger partial charge in [0.15, 0.2) is 5.96 Å². The molecule has 0 radical (unpaired) electrons. The molecule has 1 aromatic heterocycles. The van der Waals surface area contributed by atoms with Crippen molar-refractivity contribution in [2.75, 3.05) is 53.4 Å². The lowest BCUT2D eigenvalue weighted by atomic mass is 9.84. The van der Waals surface area contributed by atoms with Crippen LogP contribution in [-0.4, -0.2) is 84.9 Å². The molecule has 1 aliphatic heterocycles. The first-order valence-corrected chi connectivity index (χ1v) is 10.8. The summed E-state index contributed by atoms with van der Waals surface area (Å²) < 4.78 is 0. The Kier molecular flexibility index (Phi) is 7.07. The van der Waals surface area contributed by atoms with E-state index in [1.165, 1.54) is 6.42 Å². The van der Waals surface area contributed by atoms with Crippen LogP contribution in [0, 0.1) is 12.8 Å². The lowest BCUT2D eigenvalue weighted by molar-refractivity contribution is -0.139. The molecule has 0 atom stereocenters. The summed E-state index contributed by atoms with van der Waals surface area (Å²) in [5, 5.41) is 6.64. The number of carbonyl (C=O) groups is 1. The smallest absolute Gasteiger partial charge is 0.225 e. The molecular formula is C19H32N6OS. The van der Waals surface area contributed by atoms with Gasteiger partial charge in [-0.15, -0.1) is 11.3 Å². The number of hydrogen-bond donors (Lipinski definition) is 1. The van der Waals surface area contributed by atoms with Crippen LogP contribution in [0.2, 0.25) is 0 Å². The number of nitrogens with zero attached hydrogens (tertiary/aromatic N) is 5. The van der Waals surface area contributed by atoms with Gasteiger partial charge in [-0.1, -0.05) is 6.42 Å². The van der Waals surface area contributed by atoms with Crippen LogP contribution >= 0.6 is 11.3 Å². The third-order valence-electron chi connectivity index (χ3n) is 5.49. The Balaban J connectivity index is 1.35. The number of rotatable bonds is 6. The van der Waals surface area contributed by atoms with Crippen LogP contribution in [-0.2, 0) is 11.3 Å². The minimum absolute atomic E-state index is 0.318. The molecule has 2 fully saturated rings. The molecule has 8 heteroatoms. The van der Waals surface area contributed by atoms with Crippen molar-refractivity contribution in [3.63, 3.8) is 0 Å². The Hall–Kier alpha value is -1.67. The first kappa shape index (κ1) is 20.1. The van der Waals surface area contributed by atoms with E-state index in [0.29, 0.717) is 11.8 Å². The second-order valence-electron chi connectivity index (χ2n) is 7.48. The average Bonchev–Trinajstić information content (AvgIpc) is 3.02. The maximum atomic E-state index is 12.3. The summed E-state index contributed by atoms with van der Waals surface area (Å²) in [4.78, 5) is 27.8. The maximum absolute atomic E-state index is 12.3. The van der Waals surface area contributed by atoms with Crippen molar-refractivity contribution >= 4 is 23.2 Å². The van der Waals surface area contributed by atoms with E-state index in [1.54, 1.807) is 11.3 Å². The van der Waals surface area contributed by atoms with Gasteiger partial charge in [-0.25, -0.2) is 4.98 Å². The van der Waals surface area contributed by atoms with Crippen LogP contribution < -0.4 is 5.32 Å². The summed E-state index contributed by atoms with van der Waals surface area (Å²) in [6.07, 6.45) is 3.41. The van der Waals surface area contributed by atoms with Crippen LogP contribution in [0.4, 0.5) is 0 Å². The Morgan fingerprint density at radius 3 is 2.67 bits per heavy atom. The molecule has 27 heavy (non-hydrogen) atoms. The number of aliphatic imine (C=N–C) groups is 1. The van der Waals surface area contributed by atoms with Crippen molar-refractivity contribution in [1.29, 1.82) is 0 Å². The molecule has 0 spiro atoms. The largest absolute Gasteiger partial charge is 0.355 e. The molecular weight excluding hydrogens is 360 g/mol. The summed E-state index contributed by atoms with van der Waals surface area (Å²) in [5.41, 5.74) is 1.08. The minimum Gasteiger partial charge on any atom is -0.355 e. The molecule has 3 rings (SSSR count). The van der Waals surface area contributed by atoms with Crippen LogP contribution in [0.5, 0.6) is 0 Å². The molecule has 150 valence electrons. The number of thiazole rings is 1. The van der Waals surface area contributed by atoms with Crippen molar-refractivity contribution in [2.45, 2.75) is 32.7 Å². The van der Waals surface area contributed by atoms with E-state index in [1.807, 2.05) is 21.0 Å². The number of piperazine rings is 1. The van der Waals surface area contributed by atoms with Gasteiger partial charge in [-0.2, -0.15) is 0 Å². The highest BCUT2D eigenvalue weighted by atomic mass is 32.1. The highest BCUT2D eigenvalue weighted by Gasteiger charge is 2.31. The molecule has 1 saturated heterocycles. The third kappa shape index (κ3) is 5.42. The molecule has 1 saturated carbocycles. The molecule has 1 aliphatic carbocycles. The lowest BCUT2D eigenvalue weighted by Gasteiger charge is -2.38. The van der Waals surface area contributed by atoms with Crippen LogP contribution in [0.25, 0.3) is 0 Å². The van der Waals surface area contributed by atoms with Crippen molar-refractivity contribution < 1.29 is 4.79 Å². The summed E-state index contributed by atoms with van der Waals surface area (Å²) in [7, 11) is 3.85. The number of nitrogens with one attached hydrogen (secondary N) is 1. The van der Waals surface area contributed by atoms with E-state index >= 15 is 0 Å². The zero-order chi connectivity index (χ0) is 19.2. The number of aryl methyl sites for hydroxylation is 1. The lowest BCUT2D eigenvalue weighted by Crippen LogP contribution is -2.52. The number of carbonyl (C=O) groups excluding carboxylic acids is 1. The Morgan fingerprint density at radius 2 is 2.11 bits per heavy atom. The van der Waals surface area contributed by atoms with E-state index < -0.39 is 0 Å². The van der Waals surface area contributed by atoms with Gasteiger partial charge >= 0.3 is 0 Å². The van der Waals surface area contributed by atoms with Crippen LogP contribution in [0.1, 0.15) is 30.0 Å². The van der Waals surface area contributed by atoms with Gasteiger partial charge in [0.25, 0.3) is 0 Å². The Morgan fingerprint density at radius 1 is 1.37 bits per heavy atom. The van der Waals surface area contributed by atoms with Gasteiger partial charge < -0.3 is 15.1 Å². The van der Waals surface area contributed by atoms with Crippen molar-refractivity contribution in [3.8, 4) is 0 Å². The third-order valence-corrected chi connectivity index (χ3v) is 6.31. The second-order valence-corrected chi connectivity index (χ2v) is 8.54. The zero-order valence-corrected chi connectivity index (χ0v) is 17.6. The fourth-order valence-corrected chi connectivity index (χ4v) is 4.22. The second kappa shape index (κ2) is 9.50. The molecule has 0 bridgehead atoms. The quantitative estimate of drug-likeness (QED) is 0.586. The molecule has 1 N–H and O–H groups in total. The predicted octanol–water partition coefficient (Wildman–Crippen LogP) is 1.40. The van der Waals surface area contributed by atoms with Gasteiger partial charge in [-0.3, -0.25) is 14.7 Å². The minimum atomic E-state index is 0.318. The first-order valence-electron chi connectivity index (χ1n) is 9.90. The first-order chi connectivity index (χ1) is 13.1. The fraction of sp³-hybridized carbons (Fsp3) is 0.737. The summed E-state index contributed by atoms with van der Waals surface area (Å²) in [6, 6.07) is 0. The molecule has 7 nitrogen and oxygen atoms in total. The highest BCUT2D eigenvalue weighted by molar-refractivity contribution is 7.09. The van der Waals surface area contributed by atoms with Gasteiger partial charge in [0.05, 0.1) is 17.2 Å². The van der Waals surface area contributed by atoms with Crippen molar-refractivity contribution in [2.24, 2.45) is 10.9 Å². The number of guanidine groups is 1. The van der Waals surface area contributed by atoms with Crippen molar-refractivity contribution in [3.05, 3.63) is 16.1 Å². The monoisotopic (exact) mass is 392 g/mol. The van der Waals surface area contributed by atoms with Gasteiger partial charge in [-0.05, 0) is 19.8 Å². The standard InChI is InChI=1S/C19H32N6OS/c1-15-22-17(14-27-15)13-23(3)19(20-2)21-7-8-24-9-11-25(12-10-24)18(26)16-5-4-6-16/h14,16H,4-13H2,1-3H3,(H,20,21). The van der Waals surface area contributed by atoms with Crippen LogP contribution in [0.15, 0.2) is 10.4 Å². The van der Waals surface area contributed by atoms with E-state index in [4.69, 9.17) is 0 Å². The van der Waals surface area contributed by atoms with E-state index in [2.05, 4.69) is 35.4 Å². The zero-order valence-electron chi connectivity index (χ0n) is 16.8. The normalized spacial score (nSPS) is 19.1. The molecule has 0 unspecified atom stereocenters. The summed E-state index contributed by atoms with van der Waals surface area (Å²) in [5.74, 6) is 1.59. The Bertz CT molecular complexity index is 648. The maximum Gasteiger partial charge on any atom is 0.225 e. The molecule has 1 aromatic rings. The molecule has 2 heterocycles. The SMILES string of the molecule is CN=C(NCCN1CCN(C(=O)C2CCC2)CC1)N(C)Cc1csc(C)n1. The molecule has 0 aromatic carbocycles. The predicted molar refractivity (Wildman–Crippen MR) is 110 cm³/mol. The molecule has 2 aliphatic rings. The average molecular weight is 393 g/mol. The summed E-state index contributed by atoms with van der Waals surface area (Å²) in [6.45, 7) is 8.27. The van der Waals surface area contributed by atoms with E-state index in [0.717, 1.165) is 75.3 Å². The summed E-state index contributed by atoms with van der Waals surface area (Å²) >= 11 is 1.68. The highest BCUT2D eigenvalue weighted by Crippen LogP contribution is 2.28. The van der Waals surface area contributed by atoms with Crippen LogP contribution in [0.3, 0.4) is 0 Å². The number of amides is 1. The van der Waals surface area contributed by atoms with Crippen molar-refractivity contribution in [1.82, 2.24) is 25.0 Å². The number of aromatic nitrogens is 1. The van der Waals surface area contributed by atoms with Gasteiger partial charge in [0, 0.05) is 64.7 Å². The number of hydrogen-bond acceptors (Lipinski definition) is 5. The Labute approximate surface area is 166 Å². The topological polar surface area (TPSA) is 64.1 Å². The fourth-order valence-electron chi connectivity index (χ4n) is 3.61. The molecule has 1 amide bonds. The van der Waals surface area contributed by atoms with E-state index in [9.17, 15) is 4.79 Å². The van der Waals surface area contributed by atoms with Gasteiger partial charge in [0.1, 0.15) is 0 Å². The van der Waals surface area contributed by atoms with Gasteiger partial charge in [0.2, 0.25) is 5.91 Å². The van der Waals surface area contributed by atoms with E-state index in [-0.39, 0.29) is 0 Å².